The van der Waals surface area contributed by atoms with Crippen molar-refractivity contribution in [3.8, 4) is 0 Å². The average Bonchev–Trinajstić information content (AvgIpc) is 2.42. The Bertz CT molecular complexity index is 341. The molecule has 2 nitrogen and oxygen atoms in total. The first-order valence-corrected chi connectivity index (χ1v) is 6.25. The summed E-state index contributed by atoms with van der Waals surface area (Å²) in [6.07, 6.45) is 0. The normalized spacial score (nSPS) is 18.9. The van der Waals surface area contributed by atoms with E-state index in [0.29, 0.717) is 5.41 Å². The summed E-state index contributed by atoms with van der Waals surface area (Å²) >= 11 is 1.88. The highest BCUT2D eigenvalue weighted by atomic mass is 32.1. The molecule has 0 amide bonds. The predicted octanol–water partition coefficient (Wildman–Crippen LogP) is 2.49. The van der Waals surface area contributed by atoms with Crippen LogP contribution in [0.5, 0.6) is 0 Å². The van der Waals surface area contributed by atoms with Crippen molar-refractivity contribution in [3.63, 3.8) is 0 Å². The van der Waals surface area contributed by atoms with Crippen LogP contribution in [0.3, 0.4) is 0 Å². The van der Waals surface area contributed by atoms with Crippen LogP contribution in [0.1, 0.15) is 22.2 Å². The Morgan fingerprint density at radius 3 is 2.67 bits per heavy atom. The number of rotatable bonds is 4. The Kier molecular flexibility index (Phi) is 3.14. The zero-order chi connectivity index (χ0) is 10.9. The van der Waals surface area contributed by atoms with E-state index >= 15 is 0 Å². The Hall–Kier alpha value is -0.380. The molecule has 1 aliphatic heterocycles. The van der Waals surface area contributed by atoms with Gasteiger partial charge >= 0.3 is 0 Å². The highest BCUT2D eigenvalue weighted by Gasteiger charge is 2.32. The van der Waals surface area contributed by atoms with Crippen molar-refractivity contribution in [1.29, 1.82) is 0 Å². The predicted molar refractivity (Wildman–Crippen MR) is 64.4 cm³/mol. The van der Waals surface area contributed by atoms with Crippen molar-refractivity contribution in [3.05, 3.63) is 21.4 Å². The van der Waals surface area contributed by atoms with Gasteiger partial charge in [0.05, 0.1) is 13.2 Å². The fraction of sp³-hybridized carbons (Fsp3) is 0.667. The fourth-order valence-corrected chi connectivity index (χ4v) is 2.86. The Labute approximate surface area is 95.6 Å². The van der Waals surface area contributed by atoms with Gasteiger partial charge in [-0.1, -0.05) is 6.92 Å². The maximum Gasteiger partial charge on any atom is 0.0554 e. The number of thiophene rings is 1. The highest BCUT2D eigenvalue weighted by molar-refractivity contribution is 7.12. The standard InChI is InChI=1S/C12H19NOS/c1-9-4-11(10(2)15-9)5-13-6-12(3)7-14-8-12/h4,13H,5-8H2,1-3H3. The van der Waals surface area contributed by atoms with Crippen LogP contribution in [0.25, 0.3) is 0 Å². The van der Waals surface area contributed by atoms with Crippen molar-refractivity contribution >= 4 is 11.3 Å². The number of ether oxygens (including phenoxy) is 1. The van der Waals surface area contributed by atoms with E-state index in [9.17, 15) is 0 Å². The smallest absolute Gasteiger partial charge is 0.0554 e. The monoisotopic (exact) mass is 225 g/mol. The van der Waals surface area contributed by atoms with Crippen molar-refractivity contribution in [2.45, 2.75) is 27.3 Å². The molecule has 1 fully saturated rings. The van der Waals surface area contributed by atoms with Gasteiger partial charge in [-0.25, -0.2) is 0 Å². The lowest BCUT2D eigenvalue weighted by molar-refractivity contribution is -0.0991. The number of nitrogens with one attached hydrogen (secondary N) is 1. The summed E-state index contributed by atoms with van der Waals surface area (Å²) in [5.41, 5.74) is 1.82. The van der Waals surface area contributed by atoms with E-state index in [2.05, 4.69) is 32.2 Å². The molecule has 2 heterocycles. The maximum absolute atomic E-state index is 5.23. The summed E-state index contributed by atoms with van der Waals surface area (Å²) < 4.78 is 5.23. The zero-order valence-electron chi connectivity index (χ0n) is 9.72. The molecule has 0 bridgehead atoms. The molecule has 1 aromatic rings. The van der Waals surface area contributed by atoms with Crippen LogP contribution in [-0.4, -0.2) is 19.8 Å². The molecule has 0 spiro atoms. The van der Waals surface area contributed by atoms with Crippen LogP contribution < -0.4 is 5.32 Å². The first-order valence-electron chi connectivity index (χ1n) is 5.43. The van der Waals surface area contributed by atoms with Crippen LogP contribution in [0, 0.1) is 19.3 Å². The maximum atomic E-state index is 5.23. The summed E-state index contributed by atoms with van der Waals surface area (Å²) in [7, 11) is 0. The quantitative estimate of drug-likeness (QED) is 0.850. The van der Waals surface area contributed by atoms with Crippen LogP contribution in [0.2, 0.25) is 0 Å². The van der Waals surface area contributed by atoms with Gasteiger partial charge in [-0.05, 0) is 25.5 Å². The molecule has 0 aliphatic carbocycles. The molecule has 2 rings (SSSR count). The van der Waals surface area contributed by atoms with Gasteiger partial charge in [0.2, 0.25) is 0 Å². The van der Waals surface area contributed by atoms with E-state index < -0.39 is 0 Å². The van der Waals surface area contributed by atoms with E-state index in [0.717, 1.165) is 26.3 Å². The molecular formula is C12H19NOS. The Balaban J connectivity index is 1.80. The summed E-state index contributed by atoms with van der Waals surface area (Å²) in [4.78, 5) is 2.84. The van der Waals surface area contributed by atoms with E-state index in [1.54, 1.807) is 0 Å². The van der Waals surface area contributed by atoms with Gasteiger partial charge in [0.25, 0.3) is 0 Å². The van der Waals surface area contributed by atoms with Gasteiger partial charge in [-0.2, -0.15) is 0 Å². The fourth-order valence-electron chi connectivity index (χ4n) is 1.91. The van der Waals surface area contributed by atoms with Gasteiger partial charge in [-0.15, -0.1) is 11.3 Å². The molecule has 1 N–H and O–H groups in total. The minimum atomic E-state index is 0.374. The van der Waals surface area contributed by atoms with E-state index in [1.807, 2.05) is 11.3 Å². The van der Waals surface area contributed by atoms with Crippen LogP contribution in [0.15, 0.2) is 6.07 Å². The number of hydrogen-bond acceptors (Lipinski definition) is 3. The third-order valence-corrected chi connectivity index (χ3v) is 3.92. The van der Waals surface area contributed by atoms with Crippen molar-refractivity contribution in [1.82, 2.24) is 5.32 Å². The summed E-state index contributed by atoms with van der Waals surface area (Å²) in [5.74, 6) is 0. The van der Waals surface area contributed by atoms with Crippen LogP contribution in [-0.2, 0) is 11.3 Å². The van der Waals surface area contributed by atoms with Crippen LogP contribution in [0.4, 0.5) is 0 Å². The number of aryl methyl sites for hydroxylation is 2. The van der Waals surface area contributed by atoms with Crippen LogP contribution >= 0.6 is 11.3 Å². The van der Waals surface area contributed by atoms with Gasteiger partial charge in [0, 0.05) is 28.3 Å². The van der Waals surface area contributed by atoms with Gasteiger partial charge < -0.3 is 10.1 Å². The molecular weight excluding hydrogens is 206 g/mol. The highest BCUT2D eigenvalue weighted by Crippen LogP contribution is 2.26. The SMILES string of the molecule is Cc1cc(CNCC2(C)COC2)c(C)s1. The molecule has 84 valence electrons. The third kappa shape index (κ3) is 2.60. The molecule has 0 saturated carbocycles. The molecule has 15 heavy (non-hydrogen) atoms. The summed E-state index contributed by atoms with van der Waals surface area (Å²) in [6, 6.07) is 2.28. The second-order valence-electron chi connectivity index (χ2n) is 4.85. The topological polar surface area (TPSA) is 21.3 Å². The largest absolute Gasteiger partial charge is 0.380 e. The molecule has 1 aliphatic rings. The average molecular weight is 225 g/mol. The molecule has 0 aromatic carbocycles. The van der Waals surface area contributed by atoms with Gasteiger partial charge in [0.15, 0.2) is 0 Å². The van der Waals surface area contributed by atoms with Crippen molar-refractivity contribution < 1.29 is 4.74 Å². The van der Waals surface area contributed by atoms with Gasteiger partial charge in [-0.3, -0.25) is 0 Å². The van der Waals surface area contributed by atoms with E-state index in [1.165, 1.54) is 15.3 Å². The molecule has 0 radical (unpaired) electrons. The lowest BCUT2D eigenvalue weighted by Crippen LogP contribution is -2.47. The Morgan fingerprint density at radius 1 is 1.47 bits per heavy atom. The zero-order valence-corrected chi connectivity index (χ0v) is 10.5. The van der Waals surface area contributed by atoms with E-state index in [4.69, 9.17) is 4.74 Å². The number of hydrogen-bond donors (Lipinski definition) is 1. The second kappa shape index (κ2) is 4.24. The molecule has 3 heteroatoms. The van der Waals surface area contributed by atoms with Crippen molar-refractivity contribution in [2.24, 2.45) is 5.41 Å². The molecule has 0 atom stereocenters. The second-order valence-corrected chi connectivity index (χ2v) is 6.31. The first-order chi connectivity index (χ1) is 7.09. The Morgan fingerprint density at radius 2 is 2.20 bits per heavy atom. The van der Waals surface area contributed by atoms with Gasteiger partial charge in [0.1, 0.15) is 0 Å². The molecule has 0 unspecified atom stereocenters. The molecule has 1 aromatic heterocycles. The summed E-state index contributed by atoms with van der Waals surface area (Å²) in [5, 5.41) is 3.52. The lowest BCUT2D eigenvalue weighted by Gasteiger charge is -2.38. The minimum absolute atomic E-state index is 0.374. The lowest BCUT2D eigenvalue weighted by atomic mass is 9.89. The first kappa shape index (κ1) is 11.1. The summed E-state index contributed by atoms with van der Waals surface area (Å²) in [6.45, 7) is 10.5. The minimum Gasteiger partial charge on any atom is -0.380 e. The van der Waals surface area contributed by atoms with E-state index in [-0.39, 0.29) is 0 Å². The van der Waals surface area contributed by atoms with Crippen molar-refractivity contribution in [2.75, 3.05) is 19.8 Å². The third-order valence-electron chi connectivity index (χ3n) is 2.91. The molecule has 1 saturated heterocycles.